The number of piperazine rings is 1. The molecule has 1 aromatic rings. The second-order valence-electron chi connectivity index (χ2n) is 8.15. The highest BCUT2D eigenvalue weighted by Crippen LogP contribution is 2.48. The van der Waals surface area contributed by atoms with Crippen molar-refractivity contribution in [1.82, 2.24) is 15.1 Å². The second-order valence-corrected chi connectivity index (χ2v) is 8.15. The Hall–Kier alpha value is -1.88. The fourth-order valence-electron chi connectivity index (χ4n) is 4.96. The minimum atomic E-state index is 0.0572. The molecule has 2 bridgehead atoms. The van der Waals surface area contributed by atoms with Crippen molar-refractivity contribution in [3.05, 3.63) is 35.9 Å². The van der Waals surface area contributed by atoms with Gasteiger partial charge in [0.1, 0.15) is 0 Å². The largest absolute Gasteiger partial charge is 0.351 e. The Balaban J connectivity index is 1.19. The maximum atomic E-state index is 12.8. The SMILES string of the molecule is O=C(CN1CCN(C(=O)C2CC3CCC2C3)CC1)NCc1ccccc1. The summed E-state index contributed by atoms with van der Waals surface area (Å²) in [7, 11) is 0. The number of hydrogen-bond donors (Lipinski definition) is 1. The first kappa shape index (κ1) is 17.5. The van der Waals surface area contributed by atoms with Gasteiger partial charge < -0.3 is 10.2 Å². The van der Waals surface area contributed by atoms with Gasteiger partial charge in [0.25, 0.3) is 0 Å². The molecule has 26 heavy (non-hydrogen) atoms. The lowest BCUT2D eigenvalue weighted by Crippen LogP contribution is -2.52. The van der Waals surface area contributed by atoms with Crippen LogP contribution in [-0.4, -0.2) is 54.3 Å². The average molecular weight is 355 g/mol. The maximum absolute atomic E-state index is 12.8. The summed E-state index contributed by atoms with van der Waals surface area (Å²) < 4.78 is 0. The van der Waals surface area contributed by atoms with Crippen LogP contribution in [-0.2, 0) is 16.1 Å². The fourth-order valence-corrected chi connectivity index (χ4v) is 4.96. The van der Waals surface area contributed by atoms with Crippen molar-refractivity contribution in [2.75, 3.05) is 32.7 Å². The molecule has 4 rings (SSSR count). The molecule has 2 saturated carbocycles. The van der Waals surface area contributed by atoms with Crippen LogP contribution in [0.25, 0.3) is 0 Å². The van der Waals surface area contributed by atoms with Crippen LogP contribution in [0.15, 0.2) is 30.3 Å². The number of rotatable bonds is 5. The normalized spacial score (nSPS) is 28.3. The molecular formula is C21H29N3O2. The van der Waals surface area contributed by atoms with Gasteiger partial charge in [0.2, 0.25) is 11.8 Å². The Morgan fingerprint density at radius 3 is 2.42 bits per heavy atom. The van der Waals surface area contributed by atoms with Gasteiger partial charge in [0.05, 0.1) is 6.54 Å². The van der Waals surface area contributed by atoms with E-state index in [4.69, 9.17) is 0 Å². The van der Waals surface area contributed by atoms with Gasteiger partial charge in [-0.3, -0.25) is 14.5 Å². The fraction of sp³-hybridized carbons (Fsp3) is 0.619. The molecule has 3 unspecified atom stereocenters. The number of nitrogens with one attached hydrogen (secondary N) is 1. The van der Waals surface area contributed by atoms with Gasteiger partial charge in [0, 0.05) is 38.6 Å². The number of fused-ring (bicyclic) bond motifs is 2. The average Bonchev–Trinajstić information content (AvgIpc) is 3.31. The van der Waals surface area contributed by atoms with Crippen molar-refractivity contribution >= 4 is 11.8 Å². The smallest absolute Gasteiger partial charge is 0.234 e. The first-order chi connectivity index (χ1) is 12.7. The predicted molar refractivity (Wildman–Crippen MR) is 100 cm³/mol. The zero-order chi connectivity index (χ0) is 17.9. The first-order valence-electron chi connectivity index (χ1n) is 10.0. The number of amides is 2. The number of nitrogens with zero attached hydrogens (tertiary/aromatic N) is 2. The van der Waals surface area contributed by atoms with E-state index in [1.807, 2.05) is 35.2 Å². The van der Waals surface area contributed by atoms with Gasteiger partial charge in [-0.05, 0) is 36.7 Å². The molecule has 1 aromatic carbocycles. The summed E-state index contributed by atoms with van der Waals surface area (Å²) in [4.78, 5) is 29.2. The van der Waals surface area contributed by atoms with E-state index < -0.39 is 0 Å². The molecule has 1 saturated heterocycles. The van der Waals surface area contributed by atoms with Crippen LogP contribution in [0.4, 0.5) is 0 Å². The van der Waals surface area contributed by atoms with Crippen molar-refractivity contribution < 1.29 is 9.59 Å². The maximum Gasteiger partial charge on any atom is 0.234 e. The zero-order valence-corrected chi connectivity index (χ0v) is 15.4. The number of benzene rings is 1. The van der Waals surface area contributed by atoms with Crippen LogP contribution < -0.4 is 5.32 Å². The second kappa shape index (κ2) is 7.78. The molecule has 1 N–H and O–H groups in total. The summed E-state index contributed by atoms with van der Waals surface area (Å²) in [6.45, 7) is 4.11. The van der Waals surface area contributed by atoms with E-state index in [2.05, 4.69) is 10.2 Å². The van der Waals surface area contributed by atoms with E-state index in [9.17, 15) is 9.59 Å². The van der Waals surface area contributed by atoms with Crippen molar-refractivity contribution in [1.29, 1.82) is 0 Å². The first-order valence-corrected chi connectivity index (χ1v) is 10.0. The highest BCUT2D eigenvalue weighted by atomic mass is 16.2. The third-order valence-corrected chi connectivity index (χ3v) is 6.44. The van der Waals surface area contributed by atoms with E-state index >= 15 is 0 Å². The number of carbonyl (C=O) groups is 2. The summed E-state index contributed by atoms with van der Waals surface area (Å²) in [5, 5.41) is 2.98. The van der Waals surface area contributed by atoms with Crippen LogP contribution >= 0.6 is 0 Å². The highest BCUT2D eigenvalue weighted by molar-refractivity contribution is 5.80. The van der Waals surface area contributed by atoms with Crippen LogP contribution in [0.1, 0.15) is 31.2 Å². The van der Waals surface area contributed by atoms with E-state index in [0.29, 0.717) is 24.9 Å². The van der Waals surface area contributed by atoms with E-state index in [-0.39, 0.29) is 11.8 Å². The molecule has 0 aromatic heterocycles. The number of hydrogen-bond acceptors (Lipinski definition) is 3. The summed E-state index contributed by atoms with van der Waals surface area (Å²) in [6, 6.07) is 9.96. The lowest BCUT2D eigenvalue weighted by molar-refractivity contribution is -0.139. The van der Waals surface area contributed by atoms with Crippen LogP contribution in [0, 0.1) is 17.8 Å². The summed E-state index contributed by atoms with van der Waals surface area (Å²) >= 11 is 0. The molecule has 0 spiro atoms. The zero-order valence-electron chi connectivity index (χ0n) is 15.4. The standard InChI is InChI=1S/C21H29N3O2/c25-20(22-14-16-4-2-1-3-5-16)15-23-8-10-24(11-9-23)21(26)19-13-17-6-7-18(19)12-17/h1-5,17-19H,6-15H2,(H,22,25). The van der Waals surface area contributed by atoms with Crippen molar-refractivity contribution in [2.45, 2.75) is 32.2 Å². The van der Waals surface area contributed by atoms with Crippen molar-refractivity contribution in [2.24, 2.45) is 17.8 Å². The summed E-state index contributed by atoms with van der Waals surface area (Å²) in [5.74, 6) is 2.18. The van der Waals surface area contributed by atoms with Gasteiger partial charge in [-0.2, -0.15) is 0 Å². The molecule has 5 nitrogen and oxygen atoms in total. The molecular weight excluding hydrogens is 326 g/mol. The molecule has 2 aliphatic carbocycles. The molecule has 5 heteroatoms. The Kier molecular flexibility index (Phi) is 5.25. The van der Waals surface area contributed by atoms with E-state index in [1.165, 1.54) is 19.3 Å². The Bertz CT molecular complexity index is 640. The van der Waals surface area contributed by atoms with Gasteiger partial charge in [-0.1, -0.05) is 36.8 Å². The van der Waals surface area contributed by atoms with Gasteiger partial charge in [-0.15, -0.1) is 0 Å². The Morgan fingerprint density at radius 2 is 1.77 bits per heavy atom. The van der Waals surface area contributed by atoms with Gasteiger partial charge >= 0.3 is 0 Å². The molecule has 0 radical (unpaired) electrons. The summed E-state index contributed by atoms with van der Waals surface area (Å²) in [6.07, 6.45) is 4.98. The minimum Gasteiger partial charge on any atom is -0.351 e. The number of carbonyl (C=O) groups excluding carboxylic acids is 2. The molecule has 1 aliphatic heterocycles. The van der Waals surface area contributed by atoms with Crippen LogP contribution in [0.5, 0.6) is 0 Å². The van der Waals surface area contributed by atoms with Crippen molar-refractivity contribution in [3.63, 3.8) is 0 Å². The van der Waals surface area contributed by atoms with E-state index in [1.54, 1.807) is 0 Å². The third kappa shape index (κ3) is 3.93. The molecule has 140 valence electrons. The minimum absolute atomic E-state index is 0.0572. The van der Waals surface area contributed by atoms with Crippen molar-refractivity contribution in [3.8, 4) is 0 Å². The van der Waals surface area contributed by atoms with E-state index in [0.717, 1.165) is 44.1 Å². The molecule has 3 fully saturated rings. The van der Waals surface area contributed by atoms with Crippen LogP contribution in [0.3, 0.4) is 0 Å². The lowest BCUT2D eigenvalue weighted by Gasteiger charge is -2.37. The monoisotopic (exact) mass is 355 g/mol. The topological polar surface area (TPSA) is 52.7 Å². The third-order valence-electron chi connectivity index (χ3n) is 6.44. The predicted octanol–water partition coefficient (Wildman–Crippen LogP) is 1.88. The quantitative estimate of drug-likeness (QED) is 0.877. The van der Waals surface area contributed by atoms with Gasteiger partial charge in [-0.25, -0.2) is 0 Å². The molecule has 3 atom stereocenters. The molecule has 3 aliphatic rings. The highest BCUT2D eigenvalue weighted by Gasteiger charge is 2.44. The van der Waals surface area contributed by atoms with Gasteiger partial charge in [0.15, 0.2) is 0 Å². The molecule has 2 amide bonds. The Labute approximate surface area is 155 Å². The summed E-state index contributed by atoms with van der Waals surface area (Å²) in [5.41, 5.74) is 1.11. The lowest BCUT2D eigenvalue weighted by atomic mass is 9.87. The van der Waals surface area contributed by atoms with Crippen LogP contribution in [0.2, 0.25) is 0 Å². The Morgan fingerprint density at radius 1 is 1.00 bits per heavy atom. The molecule has 1 heterocycles.